The first-order valence-corrected chi connectivity index (χ1v) is 5.55. The number of carbonyl (C=O) groups is 1. The largest absolute Gasteiger partial charge is 0.310 e. The Balaban J connectivity index is 2.10. The summed E-state index contributed by atoms with van der Waals surface area (Å²) in [5.41, 5.74) is 1.10. The van der Waals surface area contributed by atoms with Crippen molar-refractivity contribution in [1.29, 1.82) is 0 Å². The highest BCUT2D eigenvalue weighted by Gasteiger charge is 2.08. The van der Waals surface area contributed by atoms with Gasteiger partial charge in [0.15, 0.2) is 0 Å². The van der Waals surface area contributed by atoms with Gasteiger partial charge in [0.25, 0.3) is 5.91 Å². The topological polar surface area (TPSA) is 54.9 Å². The second-order valence-corrected chi connectivity index (χ2v) is 4.42. The molecule has 0 bridgehead atoms. The monoisotopic (exact) mass is 225 g/mol. The molecule has 14 heavy (non-hydrogen) atoms. The Hall–Kier alpha value is -1.27. The average molecular weight is 225 g/mol. The smallest absolute Gasteiger partial charge is 0.266 e. The molecular weight excluding hydrogens is 218 g/mol. The molecule has 4 nitrogen and oxygen atoms in total. The van der Waals surface area contributed by atoms with Crippen molar-refractivity contribution in [2.24, 2.45) is 0 Å². The van der Waals surface area contributed by atoms with Crippen molar-refractivity contribution >= 4 is 33.8 Å². The summed E-state index contributed by atoms with van der Waals surface area (Å²) in [7, 11) is 0. The van der Waals surface area contributed by atoms with Crippen LogP contribution in [0.1, 0.15) is 15.2 Å². The Morgan fingerprint density at radius 2 is 2.43 bits per heavy atom. The maximum atomic E-state index is 11.6. The minimum Gasteiger partial charge on any atom is -0.310 e. The van der Waals surface area contributed by atoms with Crippen molar-refractivity contribution in [3.63, 3.8) is 0 Å². The average Bonchev–Trinajstić information content (AvgIpc) is 2.75. The van der Waals surface area contributed by atoms with Gasteiger partial charge in [0.05, 0.1) is 11.1 Å². The first kappa shape index (κ1) is 9.29. The van der Waals surface area contributed by atoms with Crippen molar-refractivity contribution in [2.75, 3.05) is 5.32 Å². The highest BCUT2D eigenvalue weighted by molar-refractivity contribution is 7.12. The van der Waals surface area contributed by atoms with Gasteiger partial charge in [0, 0.05) is 11.5 Å². The van der Waals surface area contributed by atoms with Crippen molar-refractivity contribution in [2.45, 2.75) is 6.92 Å². The van der Waals surface area contributed by atoms with Crippen molar-refractivity contribution in [3.05, 3.63) is 28.1 Å². The lowest BCUT2D eigenvalue weighted by Crippen LogP contribution is -2.08. The lowest BCUT2D eigenvalue weighted by Gasteiger charge is -1.96. The maximum Gasteiger partial charge on any atom is 0.266 e. The van der Waals surface area contributed by atoms with E-state index < -0.39 is 0 Å². The number of hydrogen-bond donors (Lipinski definition) is 1. The molecule has 2 heterocycles. The van der Waals surface area contributed by atoms with Crippen LogP contribution in [-0.2, 0) is 0 Å². The predicted octanol–water partition coefficient (Wildman–Crippen LogP) is 2.16. The molecule has 0 aliphatic heterocycles. The molecule has 0 aliphatic rings. The molecule has 0 radical (unpaired) electrons. The molecule has 0 saturated carbocycles. The third kappa shape index (κ3) is 1.97. The standard InChI is InChI=1S/C8H7N3OS2/c1-5-2-6(13-4-5)8(12)10-7-3-9-11-14-7/h2-4H,1H3,(H,10,12). The van der Waals surface area contributed by atoms with Gasteiger partial charge in [-0.1, -0.05) is 4.49 Å². The highest BCUT2D eigenvalue weighted by atomic mass is 32.1. The lowest BCUT2D eigenvalue weighted by atomic mass is 10.3. The fraction of sp³-hybridized carbons (Fsp3) is 0.125. The summed E-state index contributed by atoms with van der Waals surface area (Å²) in [5, 5.41) is 8.96. The second kappa shape index (κ2) is 3.85. The third-order valence-electron chi connectivity index (χ3n) is 1.55. The zero-order valence-electron chi connectivity index (χ0n) is 7.35. The van der Waals surface area contributed by atoms with Crippen LogP contribution >= 0.6 is 22.9 Å². The van der Waals surface area contributed by atoms with Gasteiger partial charge in [-0.3, -0.25) is 4.79 Å². The van der Waals surface area contributed by atoms with Crippen LogP contribution in [0.2, 0.25) is 0 Å². The first-order chi connectivity index (χ1) is 6.75. The van der Waals surface area contributed by atoms with E-state index in [2.05, 4.69) is 14.9 Å². The second-order valence-electron chi connectivity index (χ2n) is 2.72. The van der Waals surface area contributed by atoms with Gasteiger partial charge in [-0.05, 0) is 23.9 Å². The van der Waals surface area contributed by atoms with Gasteiger partial charge >= 0.3 is 0 Å². The normalized spacial score (nSPS) is 10.1. The van der Waals surface area contributed by atoms with Crippen LogP contribution in [0.5, 0.6) is 0 Å². The molecule has 0 unspecified atom stereocenters. The zero-order valence-corrected chi connectivity index (χ0v) is 8.98. The number of rotatable bonds is 2. The summed E-state index contributed by atoms with van der Waals surface area (Å²) in [6.45, 7) is 1.96. The number of carbonyl (C=O) groups excluding carboxylic acids is 1. The molecule has 0 spiro atoms. The number of hydrogen-bond acceptors (Lipinski definition) is 5. The van der Waals surface area contributed by atoms with Crippen molar-refractivity contribution in [1.82, 2.24) is 9.59 Å². The molecule has 0 aromatic carbocycles. The SMILES string of the molecule is Cc1csc(C(=O)Nc2cnns2)c1. The number of amides is 1. The molecule has 2 aromatic heterocycles. The molecule has 2 aromatic rings. The van der Waals surface area contributed by atoms with Gasteiger partial charge in [0.2, 0.25) is 0 Å². The Morgan fingerprint density at radius 1 is 1.57 bits per heavy atom. The summed E-state index contributed by atoms with van der Waals surface area (Å²) in [5.74, 6) is -0.103. The number of nitrogens with zero attached hydrogens (tertiary/aromatic N) is 2. The van der Waals surface area contributed by atoms with E-state index in [1.165, 1.54) is 17.5 Å². The van der Waals surface area contributed by atoms with Crippen LogP contribution in [0.25, 0.3) is 0 Å². The summed E-state index contributed by atoms with van der Waals surface area (Å²) in [4.78, 5) is 12.3. The van der Waals surface area contributed by atoms with E-state index in [4.69, 9.17) is 0 Å². The first-order valence-electron chi connectivity index (χ1n) is 3.89. The maximum absolute atomic E-state index is 11.6. The van der Waals surface area contributed by atoms with Crippen LogP contribution in [0.3, 0.4) is 0 Å². The number of aromatic nitrogens is 2. The van der Waals surface area contributed by atoms with E-state index in [1.54, 1.807) is 0 Å². The Kier molecular flexibility index (Phi) is 2.55. The van der Waals surface area contributed by atoms with Gasteiger partial charge in [-0.15, -0.1) is 16.4 Å². The van der Waals surface area contributed by atoms with Crippen LogP contribution in [0.4, 0.5) is 5.00 Å². The molecule has 2 rings (SSSR count). The number of anilines is 1. The molecule has 0 saturated heterocycles. The Labute approximate surface area is 88.8 Å². The molecule has 72 valence electrons. The highest BCUT2D eigenvalue weighted by Crippen LogP contribution is 2.17. The molecule has 6 heteroatoms. The van der Waals surface area contributed by atoms with E-state index in [-0.39, 0.29) is 5.91 Å². The molecule has 0 atom stereocenters. The van der Waals surface area contributed by atoms with E-state index in [0.717, 1.165) is 17.1 Å². The van der Waals surface area contributed by atoms with Crippen molar-refractivity contribution in [3.8, 4) is 0 Å². The van der Waals surface area contributed by atoms with E-state index in [1.807, 2.05) is 18.4 Å². The van der Waals surface area contributed by atoms with Gasteiger partial charge in [-0.25, -0.2) is 0 Å². The van der Waals surface area contributed by atoms with Crippen molar-refractivity contribution < 1.29 is 4.79 Å². The number of aryl methyl sites for hydroxylation is 1. The lowest BCUT2D eigenvalue weighted by molar-refractivity contribution is 0.103. The predicted molar refractivity (Wildman–Crippen MR) is 56.9 cm³/mol. The third-order valence-corrected chi connectivity index (χ3v) is 3.18. The Morgan fingerprint density at radius 3 is 3.00 bits per heavy atom. The van der Waals surface area contributed by atoms with Gasteiger partial charge in [-0.2, -0.15) is 0 Å². The van der Waals surface area contributed by atoms with E-state index >= 15 is 0 Å². The summed E-state index contributed by atoms with van der Waals surface area (Å²) in [6, 6.07) is 1.86. The van der Waals surface area contributed by atoms with Crippen LogP contribution in [0, 0.1) is 6.92 Å². The van der Waals surface area contributed by atoms with Crippen LogP contribution in [-0.4, -0.2) is 15.5 Å². The van der Waals surface area contributed by atoms with Crippen LogP contribution < -0.4 is 5.32 Å². The van der Waals surface area contributed by atoms with Crippen LogP contribution in [0.15, 0.2) is 17.6 Å². The molecule has 1 amide bonds. The van der Waals surface area contributed by atoms with E-state index in [0.29, 0.717) is 9.88 Å². The number of nitrogens with one attached hydrogen (secondary N) is 1. The summed E-state index contributed by atoms with van der Waals surface area (Å²) in [6.07, 6.45) is 1.53. The molecule has 0 aliphatic carbocycles. The molecular formula is C8H7N3OS2. The van der Waals surface area contributed by atoms with Gasteiger partial charge < -0.3 is 5.32 Å². The van der Waals surface area contributed by atoms with E-state index in [9.17, 15) is 4.79 Å². The summed E-state index contributed by atoms with van der Waals surface area (Å²) < 4.78 is 3.65. The minimum absolute atomic E-state index is 0.103. The zero-order chi connectivity index (χ0) is 9.97. The quantitative estimate of drug-likeness (QED) is 0.852. The Bertz CT molecular complexity index is 435. The van der Waals surface area contributed by atoms with Gasteiger partial charge in [0.1, 0.15) is 5.00 Å². The molecule has 0 fully saturated rings. The fourth-order valence-corrected chi connectivity index (χ4v) is 2.15. The minimum atomic E-state index is -0.103. The molecule has 1 N–H and O–H groups in total. The number of thiophene rings is 1. The summed E-state index contributed by atoms with van der Waals surface area (Å²) >= 11 is 2.60. The fourth-order valence-electron chi connectivity index (χ4n) is 0.946.